The maximum absolute atomic E-state index is 2.67. The van der Waals surface area contributed by atoms with Crippen molar-refractivity contribution in [3.63, 3.8) is 0 Å². The van der Waals surface area contributed by atoms with Crippen LogP contribution in [0.15, 0.2) is 41.8 Å². The van der Waals surface area contributed by atoms with Gasteiger partial charge in [-0.1, -0.05) is 30.3 Å². The molecule has 106 valence electrons. The van der Waals surface area contributed by atoms with E-state index in [2.05, 4.69) is 67.4 Å². The Labute approximate surface area is 126 Å². The van der Waals surface area contributed by atoms with E-state index < -0.39 is 0 Å². The Bertz CT molecular complexity index is 565. The van der Waals surface area contributed by atoms with Crippen molar-refractivity contribution in [1.82, 2.24) is 4.90 Å². The van der Waals surface area contributed by atoms with Gasteiger partial charge in [0.2, 0.25) is 0 Å². The van der Waals surface area contributed by atoms with Crippen molar-refractivity contribution in [2.45, 2.75) is 45.2 Å². The van der Waals surface area contributed by atoms with Gasteiger partial charge in [-0.3, -0.25) is 4.90 Å². The molecule has 0 aliphatic carbocycles. The summed E-state index contributed by atoms with van der Waals surface area (Å²) in [5.74, 6) is 0. The first-order chi connectivity index (χ1) is 9.57. The number of hydrogen-bond donors (Lipinski definition) is 0. The Balaban J connectivity index is 2.02. The minimum Gasteiger partial charge on any atom is -0.291 e. The highest BCUT2D eigenvalue weighted by Crippen LogP contribution is 2.41. The van der Waals surface area contributed by atoms with Crippen LogP contribution in [0.2, 0.25) is 0 Å². The van der Waals surface area contributed by atoms with Crippen LogP contribution in [0.3, 0.4) is 0 Å². The summed E-state index contributed by atoms with van der Waals surface area (Å²) >= 11 is 1.84. The molecule has 0 saturated carbocycles. The van der Waals surface area contributed by atoms with E-state index in [1.54, 1.807) is 0 Å². The molecule has 1 aliphatic heterocycles. The molecule has 0 radical (unpaired) electrons. The SMILES string of the molecule is CC(C)(C)N1CCCC1c1ccccc1-c1cccs1. The number of rotatable bonds is 2. The lowest BCUT2D eigenvalue weighted by molar-refractivity contribution is 0.122. The third-order valence-corrected chi connectivity index (χ3v) is 5.12. The smallest absolute Gasteiger partial charge is 0.0360 e. The molecular weight excluding hydrogens is 262 g/mol. The molecule has 0 bridgehead atoms. The van der Waals surface area contributed by atoms with Crippen molar-refractivity contribution in [3.05, 3.63) is 47.3 Å². The van der Waals surface area contributed by atoms with Gasteiger partial charge in [0.1, 0.15) is 0 Å². The zero-order valence-electron chi connectivity index (χ0n) is 12.6. The van der Waals surface area contributed by atoms with Gasteiger partial charge in [0.05, 0.1) is 0 Å². The second kappa shape index (κ2) is 5.34. The quantitative estimate of drug-likeness (QED) is 0.719. The second-order valence-corrected chi connectivity index (χ2v) is 7.53. The van der Waals surface area contributed by atoms with Gasteiger partial charge in [-0.15, -0.1) is 11.3 Å². The molecule has 2 heteroatoms. The summed E-state index contributed by atoms with van der Waals surface area (Å²) < 4.78 is 0. The Morgan fingerprint density at radius 2 is 1.90 bits per heavy atom. The van der Waals surface area contributed by atoms with Crippen LogP contribution in [0, 0.1) is 0 Å². The minimum atomic E-state index is 0.240. The van der Waals surface area contributed by atoms with Crippen LogP contribution in [-0.4, -0.2) is 17.0 Å². The van der Waals surface area contributed by atoms with Gasteiger partial charge in [-0.2, -0.15) is 0 Å². The van der Waals surface area contributed by atoms with Crippen molar-refractivity contribution >= 4 is 11.3 Å². The van der Waals surface area contributed by atoms with E-state index in [1.807, 2.05) is 11.3 Å². The minimum absolute atomic E-state index is 0.240. The Hall–Kier alpha value is -1.12. The summed E-state index contributed by atoms with van der Waals surface area (Å²) in [6.07, 6.45) is 2.58. The topological polar surface area (TPSA) is 3.24 Å². The number of nitrogens with zero attached hydrogens (tertiary/aromatic N) is 1. The van der Waals surface area contributed by atoms with Crippen LogP contribution in [0.5, 0.6) is 0 Å². The van der Waals surface area contributed by atoms with Crippen LogP contribution < -0.4 is 0 Å². The zero-order valence-corrected chi connectivity index (χ0v) is 13.4. The first-order valence-electron chi connectivity index (χ1n) is 7.47. The van der Waals surface area contributed by atoms with E-state index in [1.165, 1.54) is 35.4 Å². The van der Waals surface area contributed by atoms with E-state index in [0.29, 0.717) is 6.04 Å². The summed E-state index contributed by atoms with van der Waals surface area (Å²) in [7, 11) is 0. The van der Waals surface area contributed by atoms with Crippen molar-refractivity contribution < 1.29 is 0 Å². The van der Waals surface area contributed by atoms with Gasteiger partial charge in [0.15, 0.2) is 0 Å². The molecule has 2 aromatic rings. The molecular formula is C18H23NS. The van der Waals surface area contributed by atoms with Crippen LogP contribution in [-0.2, 0) is 0 Å². The maximum Gasteiger partial charge on any atom is 0.0360 e. The molecule has 20 heavy (non-hydrogen) atoms. The molecule has 3 rings (SSSR count). The molecule has 0 spiro atoms. The molecule has 1 nitrogen and oxygen atoms in total. The first kappa shape index (κ1) is 13.8. The fourth-order valence-corrected chi connectivity index (χ4v) is 4.11. The van der Waals surface area contributed by atoms with Gasteiger partial charge < -0.3 is 0 Å². The molecule has 2 heterocycles. The molecule has 1 aromatic carbocycles. The fourth-order valence-electron chi connectivity index (χ4n) is 3.34. The number of benzene rings is 1. The highest BCUT2D eigenvalue weighted by molar-refractivity contribution is 7.13. The standard InChI is InChI=1S/C18H23NS/c1-18(2,3)19-12-6-10-16(19)14-8-4-5-9-15(14)17-11-7-13-20-17/h4-5,7-9,11,13,16H,6,10,12H2,1-3H3. The lowest BCUT2D eigenvalue weighted by Crippen LogP contribution is -2.40. The average molecular weight is 285 g/mol. The Morgan fingerprint density at radius 3 is 2.60 bits per heavy atom. The fraction of sp³-hybridized carbons (Fsp3) is 0.444. The van der Waals surface area contributed by atoms with E-state index in [4.69, 9.17) is 0 Å². The number of hydrogen-bond acceptors (Lipinski definition) is 2. The largest absolute Gasteiger partial charge is 0.291 e. The van der Waals surface area contributed by atoms with Crippen LogP contribution >= 0.6 is 11.3 Å². The molecule has 0 amide bonds. The van der Waals surface area contributed by atoms with E-state index in [0.717, 1.165) is 0 Å². The normalized spacial score (nSPS) is 20.4. The molecule has 1 aromatic heterocycles. The van der Waals surface area contributed by atoms with Crippen LogP contribution in [0.4, 0.5) is 0 Å². The highest BCUT2D eigenvalue weighted by atomic mass is 32.1. The van der Waals surface area contributed by atoms with Crippen LogP contribution in [0.1, 0.15) is 45.2 Å². The van der Waals surface area contributed by atoms with Crippen molar-refractivity contribution in [3.8, 4) is 10.4 Å². The van der Waals surface area contributed by atoms with E-state index in [-0.39, 0.29) is 5.54 Å². The Kier molecular flexibility index (Phi) is 3.70. The maximum atomic E-state index is 2.67. The summed E-state index contributed by atoms with van der Waals surface area (Å²) in [5.41, 5.74) is 3.16. The molecule has 1 fully saturated rings. The first-order valence-corrected chi connectivity index (χ1v) is 8.35. The van der Waals surface area contributed by atoms with Gasteiger partial charge in [-0.25, -0.2) is 0 Å². The summed E-state index contributed by atoms with van der Waals surface area (Å²) in [5, 5.41) is 2.17. The third kappa shape index (κ3) is 2.55. The van der Waals surface area contributed by atoms with Crippen molar-refractivity contribution in [1.29, 1.82) is 0 Å². The molecule has 0 N–H and O–H groups in total. The Morgan fingerprint density at radius 1 is 1.10 bits per heavy atom. The monoisotopic (exact) mass is 285 g/mol. The average Bonchev–Trinajstić information content (AvgIpc) is 3.09. The summed E-state index contributed by atoms with van der Waals surface area (Å²) in [6.45, 7) is 8.21. The number of likely N-dealkylation sites (tertiary alicyclic amines) is 1. The predicted molar refractivity (Wildman–Crippen MR) is 88.2 cm³/mol. The molecule has 1 aliphatic rings. The van der Waals surface area contributed by atoms with Gasteiger partial charge >= 0.3 is 0 Å². The van der Waals surface area contributed by atoms with Crippen molar-refractivity contribution in [2.75, 3.05) is 6.54 Å². The van der Waals surface area contributed by atoms with Gasteiger partial charge in [-0.05, 0) is 62.7 Å². The predicted octanol–water partition coefficient (Wildman–Crippen LogP) is 5.35. The molecule has 1 saturated heterocycles. The molecule has 1 atom stereocenters. The van der Waals surface area contributed by atoms with E-state index >= 15 is 0 Å². The van der Waals surface area contributed by atoms with E-state index in [9.17, 15) is 0 Å². The lowest BCUT2D eigenvalue weighted by Gasteiger charge is -2.37. The van der Waals surface area contributed by atoms with Crippen molar-refractivity contribution in [2.24, 2.45) is 0 Å². The highest BCUT2D eigenvalue weighted by Gasteiger charge is 2.34. The zero-order chi connectivity index (χ0) is 14.2. The molecule has 1 unspecified atom stereocenters. The third-order valence-electron chi connectivity index (χ3n) is 4.22. The second-order valence-electron chi connectivity index (χ2n) is 6.59. The summed E-state index contributed by atoms with van der Waals surface area (Å²) in [4.78, 5) is 4.06. The summed E-state index contributed by atoms with van der Waals surface area (Å²) in [6, 6.07) is 13.9. The van der Waals surface area contributed by atoms with Crippen LogP contribution in [0.25, 0.3) is 10.4 Å². The number of thiophene rings is 1. The van der Waals surface area contributed by atoms with Gasteiger partial charge in [0.25, 0.3) is 0 Å². The lowest BCUT2D eigenvalue weighted by atomic mass is 9.94. The van der Waals surface area contributed by atoms with Gasteiger partial charge in [0, 0.05) is 16.5 Å².